The molecule has 1 spiro atoms. The van der Waals surface area contributed by atoms with Crippen molar-refractivity contribution >= 4 is 12.4 Å². The number of nitrogens with zero attached hydrogens (tertiary/aromatic N) is 3. The molecule has 1 N–H and O–H groups in total. The Balaban J connectivity index is 0.00000225. The largest absolute Gasteiger partial charge is 0.374 e. The number of piperidine rings is 1. The third-order valence-corrected chi connectivity index (χ3v) is 5.44. The van der Waals surface area contributed by atoms with Crippen LogP contribution in [0.25, 0.3) is 0 Å². The molecule has 1 unspecified atom stereocenters. The van der Waals surface area contributed by atoms with Crippen molar-refractivity contribution in [2.75, 3.05) is 32.8 Å². The van der Waals surface area contributed by atoms with Crippen molar-refractivity contribution in [3.63, 3.8) is 0 Å². The average molecular weight is 379 g/mol. The monoisotopic (exact) mass is 378 g/mol. The highest BCUT2D eigenvalue weighted by Crippen LogP contribution is 2.55. The maximum absolute atomic E-state index is 12.3. The van der Waals surface area contributed by atoms with Crippen LogP contribution in [0.15, 0.2) is 12.4 Å². The van der Waals surface area contributed by atoms with Crippen LogP contribution in [0, 0.1) is 5.41 Å². The summed E-state index contributed by atoms with van der Waals surface area (Å²) in [4.78, 5) is 6.87. The van der Waals surface area contributed by atoms with Gasteiger partial charge in [0, 0.05) is 31.5 Å². The summed E-state index contributed by atoms with van der Waals surface area (Å²) in [5.74, 6) is 1.04. The summed E-state index contributed by atoms with van der Waals surface area (Å²) >= 11 is 0. The van der Waals surface area contributed by atoms with E-state index < -0.39 is 13.0 Å². The SMILES string of the molecule is CCn1ccnc1CN(CCOCC(F)F)C1CC12CCNCC2.Cl. The van der Waals surface area contributed by atoms with Crippen LogP contribution in [-0.2, 0) is 17.8 Å². The third-order valence-electron chi connectivity index (χ3n) is 5.44. The Hall–Kier alpha value is -0.760. The van der Waals surface area contributed by atoms with E-state index in [2.05, 4.69) is 26.7 Å². The second kappa shape index (κ2) is 9.26. The summed E-state index contributed by atoms with van der Waals surface area (Å²) in [5.41, 5.74) is 0.414. The molecule has 8 heteroatoms. The summed E-state index contributed by atoms with van der Waals surface area (Å²) in [5, 5.41) is 3.43. The van der Waals surface area contributed by atoms with Crippen molar-refractivity contribution in [3.8, 4) is 0 Å². The van der Waals surface area contributed by atoms with E-state index in [0.717, 1.165) is 32.0 Å². The van der Waals surface area contributed by atoms with Crippen molar-refractivity contribution in [2.24, 2.45) is 5.41 Å². The minimum absolute atomic E-state index is 0. The molecule has 1 saturated carbocycles. The quantitative estimate of drug-likeness (QED) is 0.670. The van der Waals surface area contributed by atoms with E-state index in [4.69, 9.17) is 4.74 Å². The highest BCUT2D eigenvalue weighted by atomic mass is 35.5. The molecule has 0 amide bonds. The van der Waals surface area contributed by atoms with E-state index in [9.17, 15) is 8.78 Å². The highest BCUT2D eigenvalue weighted by molar-refractivity contribution is 5.85. The Morgan fingerprint density at radius 1 is 1.44 bits per heavy atom. The fraction of sp³-hybridized carbons (Fsp3) is 0.824. The first-order valence-corrected chi connectivity index (χ1v) is 8.95. The molecule has 1 saturated heterocycles. The smallest absolute Gasteiger partial charge is 0.261 e. The molecular formula is C17H29ClF2N4O. The van der Waals surface area contributed by atoms with Crippen LogP contribution in [0.2, 0.25) is 0 Å². The van der Waals surface area contributed by atoms with Crippen molar-refractivity contribution in [2.45, 2.75) is 51.7 Å². The van der Waals surface area contributed by atoms with Crippen LogP contribution >= 0.6 is 12.4 Å². The van der Waals surface area contributed by atoms with Crippen molar-refractivity contribution < 1.29 is 13.5 Å². The normalized spacial score (nSPS) is 21.7. The van der Waals surface area contributed by atoms with E-state index in [1.807, 2.05) is 12.4 Å². The van der Waals surface area contributed by atoms with E-state index in [-0.39, 0.29) is 12.4 Å². The maximum Gasteiger partial charge on any atom is 0.261 e. The lowest BCUT2D eigenvalue weighted by Gasteiger charge is -2.29. The molecular weight excluding hydrogens is 350 g/mol. The Kier molecular flexibility index (Phi) is 7.61. The molecule has 1 aromatic heterocycles. The van der Waals surface area contributed by atoms with Gasteiger partial charge in [-0.2, -0.15) is 0 Å². The third kappa shape index (κ3) is 5.12. The van der Waals surface area contributed by atoms with Crippen molar-refractivity contribution in [3.05, 3.63) is 18.2 Å². The summed E-state index contributed by atoms with van der Waals surface area (Å²) in [6.45, 7) is 6.48. The summed E-state index contributed by atoms with van der Waals surface area (Å²) < 4.78 is 31.8. The molecule has 0 bridgehead atoms. The molecule has 3 rings (SSSR count). The van der Waals surface area contributed by atoms with Crippen LogP contribution in [-0.4, -0.2) is 59.8 Å². The standard InChI is InChI=1S/C17H28F2N4O.ClH/c1-2-22-8-7-21-16(22)12-23(9-10-24-13-15(18)19)14-11-17(14)3-5-20-6-4-17;/h7-8,14-15,20H,2-6,9-13H2,1H3;1H. The predicted molar refractivity (Wildman–Crippen MR) is 95.3 cm³/mol. The highest BCUT2D eigenvalue weighted by Gasteiger charge is 2.56. The number of aryl methyl sites for hydroxylation is 1. The lowest BCUT2D eigenvalue weighted by Crippen LogP contribution is -2.38. The Morgan fingerprint density at radius 2 is 2.20 bits per heavy atom. The molecule has 2 aliphatic rings. The fourth-order valence-electron chi connectivity index (χ4n) is 3.97. The van der Waals surface area contributed by atoms with Crippen LogP contribution in [0.3, 0.4) is 0 Å². The zero-order valence-corrected chi connectivity index (χ0v) is 15.6. The number of alkyl halides is 2. The molecule has 1 aliphatic carbocycles. The Morgan fingerprint density at radius 3 is 2.88 bits per heavy atom. The number of hydrogen-bond donors (Lipinski definition) is 1. The molecule has 25 heavy (non-hydrogen) atoms. The number of hydrogen-bond acceptors (Lipinski definition) is 4. The Bertz CT molecular complexity index is 523. The number of nitrogens with one attached hydrogen (secondary N) is 1. The molecule has 2 heterocycles. The van der Waals surface area contributed by atoms with Gasteiger partial charge >= 0.3 is 0 Å². The molecule has 0 aromatic carbocycles. The van der Waals surface area contributed by atoms with Crippen LogP contribution < -0.4 is 5.32 Å². The molecule has 1 aliphatic heterocycles. The van der Waals surface area contributed by atoms with Gasteiger partial charge in [-0.1, -0.05) is 0 Å². The van der Waals surface area contributed by atoms with Gasteiger partial charge in [-0.3, -0.25) is 4.90 Å². The first-order valence-electron chi connectivity index (χ1n) is 8.95. The van der Waals surface area contributed by atoms with Gasteiger partial charge in [0.2, 0.25) is 0 Å². The maximum atomic E-state index is 12.3. The Labute approximate surface area is 154 Å². The number of halogens is 3. The van der Waals surface area contributed by atoms with E-state index in [1.54, 1.807) is 0 Å². The van der Waals surface area contributed by atoms with Crippen molar-refractivity contribution in [1.82, 2.24) is 19.8 Å². The topological polar surface area (TPSA) is 42.3 Å². The molecule has 1 atom stereocenters. The zero-order valence-electron chi connectivity index (χ0n) is 14.8. The van der Waals surface area contributed by atoms with Gasteiger partial charge in [0.1, 0.15) is 12.4 Å². The van der Waals surface area contributed by atoms with E-state index >= 15 is 0 Å². The summed E-state index contributed by atoms with van der Waals surface area (Å²) in [6, 6.07) is 0.525. The average Bonchev–Trinajstić information content (AvgIpc) is 3.06. The predicted octanol–water partition coefficient (Wildman–Crippen LogP) is 2.55. The number of imidazole rings is 1. The first-order chi connectivity index (χ1) is 11.6. The van der Waals surface area contributed by atoms with Crippen LogP contribution in [0.4, 0.5) is 8.78 Å². The number of aromatic nitrogens is 2. The minimum Gasteiger partial charge on any atom is -0.374 e. The van der Waals surface area contributed by atoms with Crippen LogP contribution in [0.5, 0.6) is 0 Å². The second-order valence-electron chi connectivity index (χ2n) is 6.90. The molecule has 0 radical (unpaired) electrons. The van der Waals surface area contributed by atoms with Gasteiger partial charge in [-0.05, 0) is 44.7 Å². The number of ether oxygens (including phenoxy) is 1. The van der Waals surface area contributed by atoms with E-state index in [1.165, 1.54) is 19.3 Å². The van der Waals surface area contributed by atoms with E-state index in [0.29, 0.717) is 24.6 Å². The fourth-order valence-corrected chi connectivity index (χ4v) is 3.97. The van der Waals surface area contributed by atoms with Gasteiger partial charge in [-0.25, -0.2) is 13.8 Å². The van der Waals surface area contributed by atoms with Gasteiger partial charge in [-0.15, -0.1) is 12.4 Å². The minimum atomic E-state index is -2.39. The van der Waals surface area contributed by atoms with Gasteiger partial charge in [0.25, 0.3) is 6.43 Å². The lowest BCUT2D eigenvalue weighted by atomic mass is 9.93. The van der Waals surface area contributed by atoms with Crippen molar-refractivity contribution in [1.29, 1.82) is 0 Å². The molecule has 144 valence electrons. The molecule has 5 nitrogen and oxygen atoms in total. The first kappa shape index (κ1) is 20.6. The van der Waals surface area contributed by atoms with Gasteiger partial charge < -0.3 is 14.6 Å². The van der Waals surface area contributed by atoms with Crippen LogP contribution in [0.1, 0.15) is 32.0 Å². The second-order valence-corrected chi connectivity index (χ2v) is 6.90. The van der Waals surface area contributed by atoms with Gasteiger partial charge in [0.05, 0.1) is 13.2 Å². The molecule has 1 aromatic rings. The lowest BCUT2D eigenvalue weighted by molar-refractivity contribution is 0.00639. The van der Waals surface area contributed by atoms with Gasteiger partial charge in [0.15, 0.2) is 0 Å². The summed E-state index contributed by atoms with van der Waals surface area (Å²) in [7, 11) is 0. The zero-order chi connectivity index (χ0) is 17.0. The number of rotatable bonds is 9. The summed E-state index contributed by atoms with van der Waals surface area (Å²) in [6.07, 6.45) is 5.04. The molecule has 2 fully saturated rings.